The van der Waals surface area contributed by atoms with Gasteiger partial charge < -0.3 is 19.9 Å². The van der Waals surface area contributed by atoms with Gasteiger partial charge in [0.25, 0.3) is 0 Å². The summed E-state index contributed by atoms with van der Waals surface area (Å²) in [6.07, 6.45) is 1.91. The van der Waals surface area contributed by atoms with Gasteiger partial charge in [0, 0.05) is 33.1 Å². The number of ether oxygens (including phenoxy) is 1. The van der Waals surface area contributed by atoms with Crippen molar-refractivity contribution in [1.29, 1.82) is 0 Å². The topological polar surface area (TPSA) is 61.9 Å². The molecule has 0 aromatic heterocycles. The van der Waals surface area contributed by atoms with Gasteiger partial charge in [0.2, 0.25) is 5.91 Å². The molecule has 23 heavy (non-hydrogen) atoms. The molecular formula is C17H23N3O3. The third-order valence-corrected chi connectivity index (χ3v) is 4.75. The summed E-state index contributed by atoms with van der Waals surface area (Å²) in [7, 11) is 1.64. The average Bonchev–Trinajstić information content (AvgIpc) is 3.35. The van der Waals surface area contributed by atoms with Crippen LogP contribution in [0.25, 0.3) is 0 Å². The van der Waals surface area contributed by atoms with E-state index >= 15 is 0 Å². The van der Waals surface area contributed by atoms with Crippen molar-refractivity contribution in [2.75, 3.05) is 33.3 Å². The summed E-state index contributed by atoms with van der Waals surface area (Å²) >= 11 is 0. The summed E-state index contributed by atoms with van der Waals surface area (Å²) in [5, 5.41) is 3.18. The molecule has 0 atom stereocenters. The van der Waals surface area contributed by atoms with Gasteiger partial charge in [0.1, 0.15) is 5.75 Å². The van der Waals surface area contributed by atoms with Crippen molar-refractivity contribution in [3.8, 4) is 5.75 Å². The molecule has 1 saturated heterocycles. The first-order chi connectivity index (χ1) is 11.0. The number of hydrogen-bond donors (Lipinski definition) is 1. The summed E-state index contributed by atoms with van der Waals surface area (Å²) in [6, 6.07) is 7.83. The van der Waals surface area contributed by atoms with Crippen molar-refractivity contribution < 1.29 is 14.3 Å². The molecule has 3 amide bonds. The van der Waals surface area contributed by atoms with E-state index in [0.29, 0.717) is 26.2 Å². The normalized spacial score (nSPS) is 19.2. The van der Waals surface area contributed by atoms with Crippen LogP contribution in [0.4, 0.5) is 4.79 Å². The lowest BCUT2D eigenvalue weighted by molar-refractivity contribution is -0.130. The van der Waals surface area contributed by atoms with Crippen LogP contribution in [0.5, 0.6) is 5.75 Å². The van der Waals surface area contributed by atoms with Gasteiger partial charge >= 0.3 is 6.03 Å². The summed E-state index contributed by atoms with van der Waals surface area (Å²) in [5.74, 6) is 0.887. The molecule has 0 spiro atoms. The molecule has 1 saturated carbocycles. The van der Waals surface area contributed by atoms with Crippen LogP contribution in [-0.2, 0) is 10.3 Å². The third-order valence-electron chi connectivity index (χ3n) is 4.75. The van der Waals surface area contributed by atoms with Gasteiger partial charge in [-0.05, 0) is 30.5 Å². The number of benzene rings is 1. The molecule has 1 aromatic rings. The Balaban J connectivity index is 1.60. The Morgan fingerprint density at radius 3 is 2.09 bits per heavy atom. The van der Waals surface area contributed by atoms with Crippen molar-refractivity contribution in [2.45, 2.75) is 25.3 Å². The molecule has 0 radical (unpaired) electrons. The standard InChI is InChI=1S/C17H23N3O3/c1-13(21)19-9-11-20(12-10-19)16(22)18-17(7-8-17)14-3-5-15(23-2)6-4-14/h3-6H,7-12H2,1-2H3,(H,18,22). The van der Waals surface area contributed by atoms with Gasteiger partial charge in [-0.3, -0.25) is 4.79 Å². The first kappa shape index (κ1) is 15.6. The number of carbonyl (C=O) groups excluding carboxylic acids is 2. The van der Waals surface area contributed by atoms with Crippen LogP contribution in [0.3, 0.4) is 0 Å². The largest absolute Gasteiger partial charge is 0.497 e. The maximum absolute atomic E-state index is 12.5. The minimum atomic E-state index is -0.235. The predicted molar refractivity (Wildman–Crippen MR) is 86.3 cm³/mol. The van der Waals surface area contributed by atoms with Gasteiger partial charge in [-0.2, -0.15) is 0 Å². The molecule has 6 nitrogen and oxygen atoms in total. The molecule has 3 rings (SSSR count). The number of hydrogen-bond acceptors (Lipinski definition) is 3. The third kappa shape index (κ3) is 3.25. The van der Waals surface area contributed by atoms with Crippen LogP contribution in [0, 0.1) is 0 Å². The van der Waals surface area contributed by atoms with Gasteiger partial charge in [0.15, 0.2) is 0 Å². The highest BCUT2D eigenvalue weighted by molar-refractivity contribution is 5.77. The number of rotatable bonds is 3. The zero-order chi connectivity index (χ0) is 16.4. The Kier molecular flexibility index (Phi) is 4.15. The lowest BCUT2D eigenvalue weighted by Crippen LogP contribution is -2.54. The van der Waals surface area contributed by atoms with Gasteiger partial charge in [-0.15, -0.1) is 0 Å². The summed E-state index contributed by atoms with van der Waals surface area (Å²) in [4.78, 5) is 27.4. The number of methoxy groups -OCH3 is 1. The van der Waals surface area contributed by atoms with Crippen LogP contribution >= 0.6 is 0 Å². The van der Waals surface area contributed by atoms with Crippen LogP contribution < -0.4 is 10.1 Å². The molecule has 124 valence electrons. The molecular weight excluding hydrogens is 294 g/mol. The van der Waals surface area contributed by atoms with Crippen molar-refractivity contribution in [3.05, 3.63) is 29.8 Å². The fourth-order valence-electron chi connectivity index (χ4n) is 3.03. The highest BCUT2D eigenvalue weighted by Gasteiger charge is 2.46. The number of nitrogens with zero attached hydrogens (tertiary/aromatic N) is 2. The van der Waals surface area contributed by atoms with Gasteiger partial charge in [-0.25, -0.2) is 4.79 Å². The fraction of sp³-hybridized carbons (Fsp3) is 0.529. The predicted octanol–water partition coefficient (Wildman–Crippen LogP) is 1.56. The quantitative estimate of drug-likeness (QED) is 0.920. The molecule has 0 bridgehead atoms. The summed E-state index contributed by atoms with van der Waals surface area (Å²) in [6.45, 7) is 3.96. The van der Waals surface area contributed by atoms with E-state index in [-0.39, 0.29) is 17.5 Å². The number of amides is 3. The lowest BCUT2D eigenvalue weighted by atomic mass is 10.0. The number of carbonyl (C=O) groups is 2. The summed E-state index contributed by atoms with van der Waals surface area (Å²) in [5.41, 5.74) is 0.884. The van der Waals surface area contributed by atoms with E-state index in [2.05, 4.69) is 5.32 Å². The Morgan fingerprint density at radius 1 is 1.04 bits per heavy atom. The monoisotopic (exact) mass is 317 g/mol. The average molecular weight is 317 g/mol. The van der Waals surface area contributed by atoms with E-state index < -0.39 is 0 Å². The molecule has 1 heterocycles. The number of piperazine rings is 1. The van der Waals surface area contributed by atoms with E-state index in [0.717, 1.165) is 24.2 Å². The Labute approximate surface area is 136 Å². The molecule has 6 heteroatoms. The van der Waals surface area contributed by atoms with Crippen LogP contribution in [0.2, 0.25) is 0 Å². The second-order valence-electron chi connectivity index (χ2n) is 6.23. The summed E-state index contributed by atoms with van der Waals surface area (Å²) < 4.78 is 5.18. The number of urea groups is 1. The molecule has 1 N–H and O–H groups in total. The maximum Gasteiger partial charge on any atom is 0.318 e. The van der Waals surface area contributed by atoms with E-state index in [1.165, 1.54) is 0 Å². The second-order valence-corrected chi connectivity index (χ2v) is 6.23. The first-order valence-electron chi connectivity index (χ1n) is 8.01. The lowest BCUT2D eigenvalue weighted by Gasteiger charge is -2.35. The Bertz CT molecular complexity index is 588. The van der Waals surface area contributed by atoms with Gasteiger partial charge in [-0.1, -0.05) is 12.1 Å². The van der Waals surface area contributed by atoms with Crippen molar-refractivity contribution in [3.63, 3.8) is 0 Å². The second kappa shape index (κ2) is 6.10. The zero-order valence-corrected chi connectivity index (χ0v) is 13.7. The molecule has 1 aliphatic heterocycles. The first-order valence-corrected chi connectivity index (χ1v) is 8.01. The molecule has 1 aromatic carbocycles. The molecule has 1 aliphatic carbocycles. The Hall–Kier alpha value is -2.24. The van der Waals surface area contributed by atoms with E-state index in [9.17, 15) is 9.59 Å². The maximum atomic E-state index is 12.5. The van der Waals surface area contributed by atoms with E-state index in [4.69, 9.17) is 4.74 Å². The highest BCUT2D eigenvalue weighted by atomic mass is 16.5. The van der Waals surface area contributed by atoms with E-state index in [1.807, 2.05) is 24.3 Å². The van der Waals surface area contributed by atoms with Crippen molar-refractivity contribution >= 4 is 11.9 Å². The van der Waals surface area contributed by atoms with E-state index in [1.54, 1.807) is 23.8 Å². The van der Waals surface area contributed by atoms with Crippen LogP contribution in [0.1, 0.15) is 25.3 Å². The van der Waals surface area contributed by atoms with Crippen molar-refractivity contribution in [1.82, 2.24) is 15.1 Å². The minimum Gasteiger partial charge on any atom is -0.497 e. The van der Waals surface area contributed by atoms with Crippen molar-refractivity contribution in [2.24, 2.45) is 0 Å². The number of nitrogens with one attached hydrogen (secondary N) is 1. The zero-order valence-electron chi connectivity index (χ0n) is 13.7. The fourth-order valence-corrected chi connectivity index (χ4v) is 3.03. The van der Waals surface area contributed by atoms with Crippen LogP contribution in [0.15, 0.2) is 24.3 Å². The van der Waals surface area contributed by atoms with Gasteiger partial charge in [0.05, 0.1) is 12.6 Å². The molecule has 0 unspecified atom stereocenters. The highest BCUT2D eigenvalue weighted by Crippen LogP contribution is 2.45. The SMILES string of the molecule is COc1ccc(C2(NC(=O)N3CCN(C(C)=O)CC3)CC2)cc1. The Morgan fingerprint density at radius 2 is 1.61 bits per heavy atom. The minimum absolute atomic E-state index is 0.0403. The van der Waals surface area contributed by atoms with Crippen LogP contribution in [-0.4, -0.2) is 55.0 Å². The molecule has 2 fully saturated rings. The smallest absolute Gasteiger partial charge is 0.318 e. The molecule has 2 aliphatic rings.